The first-order valence-electron chi connectivity index (χ1n) is 10.1. The highest BCUT2D eigenvalue weighted by Crippen LogP contribution is 2.25. The molecule has 2 amide bonds. The van der Waals surface area contributed by atoms with Crippen molar-refractivity contribution in [2.24, 2.45) is 0 Å². The van der Waals surface area contributed by atoms with Crippen molar-refractivity contribution in [3.05, 3.63) is 36.0 Å². The Balaban J connectivity index is 1.26. The maximum absolute atomic E-state index is 12.3. The highest BCUT2D eigenvalue weighted by Gasteiger charge is 2.27. The molecule has 1 aliphatic heterocycles. The van der Waals surface area contributed by atoms with Crippen molar-refractivity contribution in [3.63, 3.8) is 0 Å². The molecule has 1 saturated heterocycles. The number of carbonyl (C=O) groups is 1. The minimum Gasteiger partial charge on any atom is -0.357 e. The second kappa shape index (κ2) is 8.12. The van der Waals surface area contributed by atoms with Gasteiger partial charge in [-0.25, -0.2) is 4.79 Å². The number of hydrogen-bond donors (Lipinski definition) is 3. The molecule has 0 bridgehead atoms. The van der Waals surface area contributed by atoms with Crippen LogP contribution < -0.4 is 10.6 Å². The monoisotopic (exact) mass is 354 g/mol. The number of urea groups is 1. The highest BCUT2D eigenvalue weighted by molar-refractivity contribution is 5.80. The molecule has 0 radical (unpaired) electrons. The Kier molecular flexibility index (Phi) is 5.44. The number of H-pyrrole nitrogens is 1. The summed E-state index contributed by atoms with van der Waals surface area (Å²) in [6.07, 6.45) is 9.06. The first kappa shape index (κ1) is 17.4. The van der Waals surface area contributed by atoms with E-state index >= 15 is 0 Å². The van der Waals surface area contributed by atoms with Crippen molar-refractivity contribution in [2.45, 2.75) is 63.6 Å². The number of hydrogen-bond acceptors (Lipinski definition) is 2. The van der Waals surface area contributed by atoms with Gasteiger partial charge in [-0.05, 0) is 49.7 Å². The van der Waals surface area contributed by atoms with Crippen LogP contribution in [0.5, 0.6) is 0 Å². The minimum atomic E-state index is -0.0563. The lowest BCUT2D eigenvalue weighted by Gasteiger charge is -2.40. The van der Waals surface area contributed by atoms with Gasteiger partial charge in [0.15, 0.2) is 0 Å². The van der Waals surface area contributed by atoms with Crippen LogP contribution in [0, 0.1) is 0 Å². The van der Waals surface area contributed by atoms with Crippen molar-refractivity contribution in [1.82, 2.24) is 20.5 Å². The Bertz CT molecular complexity index is 701. The van der Waals surface area contributed by atoms with Gasteiger partial charge in [0, 0.05) is 29.8 Å². The number of rotatable bonds is 4. The molecule has 2 aliphatic rings. The fourth-order valence-corrected chi connectivity index (χ4v) is 4.54. The van der Waals surface area contributed by atoms with Crippen LogP contribution in [0.25, 0.3) is 10.9 Å². The molecule has 4 rings (SSSR count). The van der Waals surface area contributed by atoms with Crippen molar-refractivity contribution in [1.29, 1.82) is 0 Å². The number of para-hydroxylation sites is 1. The molecule has 1 aromatic heterocycles. The van der Waals surface area contributed by atoms with Gasteiger partial charge in [-0.3, -0.25) is 4.90 Å². The summed E-state index contributed by atoms with van der Waals surface area (Å²) in [6, 6.07) is 11.2. The van der Waals surface area contributed by atoms with Gasteiger partial charge in [0.05, 0.1) is 6.54 Å². The van der Waals surface area contributed by atoms with E-state index < -0.39 is 0 Å². The molecule has 5 nitrogen and oxygen atoms in total. The molecule has 2 fully saturated rings. The lowest BCUT2D eigenvalue weighted by molar-refractivity contribution is 0.112. The van der Waals surface area contributed by atoms with Crippen molar-refractivity contribution < 1.29 is 4.79 Å². The molecule has 3 N–H and O–H groups in total. The second-order valence-corrected chi connectivity index (χ2v) is 7.83. The fourth-order valence-electron chi connectivity index (χ4n) is 4.54. The predicted octanol–water partition coefficient (Wildman–Crippen LogP) is 3.76. The van der Waals surface area contributed by atoms with Crippen LogP contribution in [0.3, 0.4) is 0 Å². The molecule has 1 unspecified atom stereocenters. The van der Waals surface area contributed by atoms with Gasteiger partial charge >= 0.3 is 6.03 Å². The van der Waals surface area contributed by atoms with E-state index in [1.807, 2.05) is 12.1 Å². The minimum absolute atomic E-state index is 0.0563. The lowest BCUT2D eigenvalue weighted by Crippen LogP contribution is -2.53. The lowest BCUT2D eigenvalue weighted by atomic mass is 9.92. The van der Waals surface area contributed by atoms with E-state index in [0.29, 0.717) is 6.54 Å². The highest BCUT2D eigenvalue weighted by atomic mass is 16.2. The van der Waals surface area contributed by atoms with Crippen LogP contribution in [-0.2, 0) is 6.54 Å². The number of aromatic nitrogens is 1. The summed E-state index contributed by atoms with van der Waals surface area (Å²) >= 11 is 0. The molecule has 140 valence electrons. The van der Waals surface area contributed by atoms with Gasteiger partial charge in [0.2, 0.25) is 0 Å². The summed E-state index contributed by atoms with van der Waals surface area (Å²) in [5.41, 5.74) is 2.15. The van der Waals surface area contributed by atoms with Gasteiger partial charge < -0.3 is 15.6 Å². The summed E-state index contributed by atoms with van der Waals surface area (Å²) in [4.78, 5) is 18.3. The summed E-state index contributed by atoms with van der Waals surface area (Å²) in [5.74, 6) is 0. The number of fused-ring (bicyclic) bond motifs is 1. The molecular weight excluding hydrogens is 324 g/mol. The van der Waals surface area contributed by atoms with E-state index in [1.54, 1.807) is 0 Å². The van der Waals surface area contributed by atoms with E-state index in [-0.39, 0.29) is 12.1 Å². The van der Waals surface area contributed by atoms with E-state index in [0.717, 1.165) is 30.2 Å². The summed E-state index contributed by atoms with van der Waals surface area (Å²) < 4.78 is 0. The molecule has 5 heteroatoms. The number of aromatic amines is 1. The Hall–Kier alpha value is -2.01. The van der Waals surface area contributed by atoms with Crippen LogP contribution in [-0.4, -0.2) is 41.1 Å². The summed E-state index contributed by atoms with van der Waals surface area (Å²) in [5, 5.41) is 7.37. The van der Waals surface area contributed by atoms with E-state index in [2.05, 4.69) is 38.7 Å². The number of benzene rings is 1. The van der Waals surface area contributed by atoms with Gasteiger partial charge in [-0.1, -0.05) is 37.5 Å². The zero-order valence-electron chi connectivity index (χ0n) is 15.5. The average molecular weight is 354 g/mol. The Morgan fingerprint density at radius 2 is 1.96 bits per heavy atom. The molecule has 1 saturated carbocycles. The quantitative estimate of drug-likeness (QED) is 0.783. The van der Waals surface area contributed by atoms with Gasteiger partial charge in [-0.2, -0.15) is 0 Å². The zero-order valence-corrected chi connectivity index (χ0v) is 15.5. The van der Waals surface area contributed by atoms with Crippen LogP contribution in [0.2, 0.25) is 0 Å². The number of likely N-dealkylation sites (tertiary alicyclic amines) is 1. The van der Waals surface area contributed by atoms with E-state index in [1.165, 1.54) is 50.5 Å². The molecule has 26 heavy (non-hydrogen) atoms. The topological polar surface area (TPSA) is 60.2 Å². The Morgan fingerprint density at radius 3 is 2.81 bits per heavy atom. The Labute approximate surface area is 155 Å². The maximum Gasteiger partial charge on any atom is 0.315 e. The van der Waals surface area contributed by atoms with Crippen molar-refractivity contribution in [2.75, 3.05) is 13.1 Å². The SMILES string of the molecule is O=C(NCc1cc2ccccc2[nH]1)NC1CCCN(C2CCCCC2)C1. The zero-order chi connectivity index (χ0) is 17.8. The van der Waals surface area contributed by atoms with Gasteiger partial charge in [0.25, 0.3) is 0 Å². The molecule has 0 spiro atoms. The van der Waals surface area contributed by atoms with E-state index in [4.69, 9.17) is 0 Å². The number of carbonyl (C=O) groups excluding carboxylic acids is 1. The molecule has 2 aromatic rings. The normalized spacial score (nSPS) is 22.4. The van der Waals surface area contributed by atoms with Crippen LogP contribution >= 0.6 is 0 Å². The van der Waals surface area contributed by atoms with Crippen LogP contribution in [0.4, 0.5) is 4.79 Å². The summed E-state index contributed by atoms with van der Waals surface area (Å²) in [6.45, 7) is 2.73. The van der Waals surface area contributed by atoms with E-state index in [9.17, 15) is 4.79 Å². The second-order valence-electron chi connectivity index (χ2n) is 7.83. The molecule has 1 aromatic carbocycles. The molecular formula is C21H30N4O. The number of nitrogens with zero attached hydrogens (tertiary/aromatic N) is 1. The van der Waals surface area contributed by atoms with Crippen LogP contribution in [0.1, 0.15) is 50.6 Å². The first-order valence-corrected chi connectivity index (χ1v) is 10.1. The molecule has 2 heterocycles. The largest absolute Gasteiger partial charge is 0.357 e. The fraction of sp³-hybridized carbons (Fsp3) is 0.571. The van der Waals surface area contributed by atoms with Gasteiger partial charge in [-0.15, -0.1) is 0 Å². The third-order valence-electron chi connectivity index (χ3n) is 5.90. The average Bonchev–Trinajstić information content (AvgIpc) is 3.10. The maximum atomic E-state index is 12.3. The van der Waals surface area contributed by atoms with Gasteiger partial charge in [0.1, 0.15) is 0 Å². The van der Waals surface area contributed by atoms with Crippen LogP contribution in [0.15, 0.2) is 30.3 Å². The smallest absolute Gasteiger partial charge is 0.315 e. The third kappa shape index (κ3) is 4.21. The third-order valence-corrected chi connectivity index (χ3v) is 5.90. The first-order chi connectivity index (χ1) is 12.8. The number of amides is 2. The Morgan fingerprint density at radius 1 is 1.12 bits per heavy atom. The summed E-state index contributed by atoms with van der Waals surface area (Å²) in [7, 11) is 0. The standard InChI is InChI=1S/C21H30N4O/c26-21(22-14-18-13-16-7-4-5-11-20(16)23-18)24-17-8-6-12-25(15-17)19-9-2-1-3-10-19/h4-5,7,11,13,17,19,23H,1-3,6,8-10,12,14-15H2,(H2,22,24,26). The molecule has 1 aliphatic carbocycles. The predicted molar refractivity (Wildman–Crippen MR) is 105 cm³/mol. The number of nitrogens with one attached hydrogen (secondary N) is 3. The number of piperidine rings is 1. The molecule has 1 atom stereocenters. The van der Waals surface area contributed by atoms with Crippen molar-refractivity contribution >= 4 is 16.9 Å². The van der Waals surface area contributed by atoms with Crippen molar-refractivity contribution in [3.8, 4) is 0 Å².